The highest BCUT2D eigenvalue weighted by Crippen LogP contribution is 2.27. The molecule has 0 unspecified atom stereocenters. The number of rotatable bonds is 5. The molecule has 0 aliphatic carbocycles. The highest BCUT2D eigenvalue weighted by Gasteiger charge is 2.18. The summed E-state index contributed by atoms with van der Waals surface area (Å²) in [5.41, 5.74) is 0.775. The van der Waals surface area contributed by atoms with Crippen molar-refractivity contribution >= 4 is 11.6 Å². The van der Waals surface area contributed by atoms with Gasteiger partial charge in [0, 0.05) is 24.9 Å². The van der Waals surface area contributed by atoms with Gasteiger partial charge in [0.2, 0.25) is 5.91 Å². The Kier molecular flexibility index (Phi) is 5.83. The number of nitrogens with one attached hydrogen (secondary N) is 1. The van der Waals surface area contributed by atoms with Gasteiger partial charge in [0.25, 0.3) is 0 Å². The van der Waals surface area contributed by atoms with E-state index >= 15 is 0 Å². The van der Waals surface area contributed by atoms with E-state index in [0.717, 1.165) is 56.3 Å². The molecule has 0 radical (unpaired) electrons. The molecule has 156 valence electrons. The van der Waals surface area contributed by atoms with Gasteiger partial charge in [-0.3, -0.25) is 4.79 Å². The molecule has 0 atom stereocenters. The summed E-state index contributed by atoms with van der Waals surface area (Å²) in [7, 11) is 0. The molecule has 1 aliphatic heterocycles. The van der Waals surface area contributed by atoms with Gasteiger partial charge in [-0.15, -0.1) is 10.2 Å². The predicted octanol–water partition coefficient (Wildman–Crippen LogP) is 4.66. The standard InChI is InChI=1S/C22H21F3N4O/c23-16-7-9-17(24)14(12-16)6-10-21(30)26-19-13-15(5-8-18(19)25)22-28-27-20-4-2-1-3-11-29(20)22/h5,7-9,12-13H,1-4,6,10-11H2,(H,26,30). The van der Waals surface area contributed by atoms with Crippen molar-refractivity contribution in [2.24, 2.45) is 0 Å². The summed E-state index contributed by atoms with van der Waals surface area (Å²) < 4.78 is 43.3. The average molecular weight is 414 g/mol. The van der Waals surface area contributed by atoms with Crippen LogP contribution in [0.4, 0.5) is 18.9 Å². The van der Waals surface area contributed by atoms with Gasteiger partial charge in [-0.05, 0) is 61.2 Å². The second kappa shape index (κ2) is 8.69. The molecule has 0 fully saturated rings. The van der Waals surface area contributed by atoms with Crippen LogP contribution in [0.15, 0.2) is 36.4 Å². The maximum absolute atomic E-state index is 14.3. The molecule has 1 aliphatic rings. The minimum Gasteiger partial charge on any atom is -0.324 e. The molecule has 1 aromatic heterocycles. The van der Waals surface area contributed by atoms with Crippen LogP contribution in [-0.4, -0.2) is 20.7 Å². The Hall–Kier alpha value is -3.16. The van der Waals surface area contributed by atoms with Crippen molar-refractivity contribution in [2.75, 3.05) is 5.32 Å². The minimum atomic E-state index is -0.584. The number of nitrogens with zero attached hydrogens (tertiary/aromatic N) is 3. The van der Waals surface area contributed by atoms with Crippen LogP contribution < -0.4 is 5.32 Å². The highest BCUT2D eigenvalue weighted by molar-refractivity contribution is 5.91. The zero-order chi connectivity index (χ0) is 21.1. The third kappa shape index (κ3) is 4.37. The van der Waals surface area contributed by atoms with Crippen molar-refractivity contribution in [3.05, 3.63) is 65.2 Å². The first kappa shape index (κ1) is 20.1. The van der Waals surface area contributed by atoms with Gasteiger partial charge < -0.3 is 9.88 Å². The summed E-state index contributed by atoms with van der Waals surface area (Å²) in [6.45, 7) is 0.802. The zero-order valence-electron chi connectivity index (χ0n) is 16.3. The molecule has 0 saturated heterocycles. The number of halogens is 3. The largest absolute Gasteiger partial charge is 0.324 e. The molecule has 1 amide bonds. The SMILES string of the molecule is O=C(CCc1cc(F)ccc1F)Nc1cc(-c2nnc3n2CCCCC3)ccc1F. The van der Waals surface area contributed by atoms with Crippen LogP contribution in [0.5, 0.6) is 0 Å². The fourth-order valence-electron chi connectivity index (χ4n) is 3.65. The molecule has 0 saturated carbocycles. The number of amides is 1. The summed E-state index contributed by atoms with van der Waals surface area (Å²) in [5.74, 6) is -0.670. The lowest BCUT2D eigenvalue weighted by atomic mass is 10.1. The fraction of sp³-hybridized carbons (Fsp3) is 0.318. The van der Waals surface area contributed by atoms with E-state index in [2.05, 4.69) is 15.5 Å². The first-order chi connectivity index (χ1) is 14.5. The molecule has 4 rings (SSSR count). The number of anilines is 1. The van der Waals surface area contributed by atoms with Crippen molar-refractivity contribution in [2.45, 2.75) is 45.1 Å². The molecule has 0 spiro atoms. The van der Waals surface area contributed by atoms with E-state index in [1.165, 1.54) is 12.1 Å². The first-order valence-electron chi connectivity index (χ1n) is 9.97. The Balaban J connectivity index is 1.49. The maximum Gasteiger partial charge on any atom is 0.224 e. The van der Waals surface area contributed by atoms with Gasteiger partial charge in [0.1, 0.15) is 23.3 Å². The molecule has 3 aromatic rings. The Morgan fingerprint density at radius 2 is 1.83 bits per heavy atom. The number of fused-ring (bicyclic) bond motifs is 1. The zero-order valence-corrected chi connectivity index (χ0v) is 16.3. The summed E-state index contributed by atoms with van der Waals surface area (Å²) in [5, 5.41) is 11.0. The van der Waals surface area contributed by atoms with E-state index < -0.39 is 23.4 Å². The highest BCUT2D eigenvalue weighted by atomic mass is 19.1. The van der Waals surface area contributed by atoms with Crippen LogP contribution in [0.3, 0.4) is 0 Å². The lowest BCUT2D eigenvalue weighted by Gasteiger charge is -2.11. The molecule has 0 bridgehead atoms. The molecule has 2 heterocycles. The second-order valence-corrected chi connectivity index (χ2v) is 7.38. The van der Waals surface area contributed by atoms with E-state index in [-0.39, 0.29) is 24.1 Å². The number of hydrogen-bond donors (Lipinski definition) is 1. The van der Waals surface area contributed by atoms with E-state index in [1.54, 1.807) is 6.07 Å². The summed E-state index contributed by atoms with van der Waals surface area (Å²) in [6, 6.07) is 7.50. The summed E-state index contributed by atoms with van der Waals surface area (Å²) in [4.78, 5) is 12.3. The Morgan fingerprint density at radius 3 is 2.70 bits per heavy atom. The molecule has 1 N–H and O–H groups in total. The van der Waals surface area contributed by atoms with Crippen LogP contribution in [-0.2, 0) is 24.2 Å². The quantitative estimate of drug-likeness (QED) is 0.661. The van der Waals surface area contributed by atoms with E-state index in [1.807, 2.05) is 4.57 Å². The second-order valence-electron chi connectivity index (χ2n) is 7.38. The number of aromatic nitrogens is 3. The van der Waals surface area contributed by atoms with Crippen molar-refractivity contribution in [3.63, 3.8) is 0 Å². The number of benzene rings is 2. The van der Waals surface area contributed by atoms with Crippen LogP contribution in [0.2, 0.25) is 0 Å². The number of carbonyl (C=O) groups is 1. The lowest BCUT2D eigenvalue weighted by molar-refractivity contribution is -0.116. The fourth-order valence-corrected chi connectivity index (χ4v) is 3.65. The molecular formula is C22H21F3N4O. The number of carbonyl (C=O) groups excluding carboxylic acids is 1. The van der Waals surface area contributed by atoms with E-state index in [9.17, 15) is 18.0 Å². The topological polar surface area (TPSA) is 59.8 Å². The van der Waals surface area contributed by atoms with Gasteiger partial charge in [0.05, 0.1) is 5.69 Å². The van der Waals surface area contributed by atoms with Crippen LogP contribution >= 0.6 is 0 Å². The Labute approximate surface area is 171 Å². The van der Waals surface area contributed by atoms with E-state index in [0.29, 0.717) is 11.4 Å². The third-order valence-electron chi connectivity index (χ3n) is 5.24. The van der Waals surface area contributed by atoms with E-state index in [4.69, 9.17) is 0 Å². The Morgan fingerprint density at radius 1 is 1.00 bits per heavy atom. The first-order valence-corrected chi connectivity index (χ1v) is 9.97. The molecule has 5 nitrogen and oxygen atoms in total. The van der Waals surface area contributed by atoms with Crippen LogP contribution in [0.1, 0.15) is 37.1 Å². The third-order valence-corrected chi connectivity index (χ3v) is 5.24. The van der Waals surface area contributed by atoms with Crippen LogP contribution in [0.25, 0.3) is 11.4 Å². The predicted molar refractivity (Wildman–Crippen MR) is 106 cm³/mol. The normalized spacial score (nSPS) is 13.6. The average Bonchev–Trinajstić information content (AvgIpc) is 2.98. The van der Waals surface area contributed by atoms with Gasteiger partial charge in [-0.25, -0.2) is 13.2 Å². The number of hydrogen-bond acceptors (Lipinski definition) is 3. The molecule has 8 heteroatoms. The summed E-state index contributed by atoms with van der Waals surface area (Å²) >= 11 is 0. The maximum atomic E-state index is 14.3. The molecular weight excluding hydrogens is 393 g/mol. The number of aryl methyl sites for hydroxylation is 2. The molecule has 30 heavy (non-hydrogen) atoms. The van der Waals surface area contributed by atoms with Crippen molar-refractivity contribution < 1.29 is 18.0 Å². The smallest absolute Gasteiger partial charge is 0.224 e. The molecule has 2 aromatic carbocycles. The lowest BCUT2D eigenvalue weighted by Crippen LogP contribution is -2.14. The van der Waals surface area contributed by atoms with Gasteiger partial charge in [-0.1, -0.05) is 6.42 Å². The Bertz CT molecular complexity index is 1080. The van der Waals surface area contributed by atoms with Crippen LogP contribution in [0, 0.1) is 17.5 Å². The minimum absolute atomic E-state index is 0.00836. The van der Waals surface area contributed by atoms with Gasteiger partial charge in [-0.2, -0.15) is 0 Å². The van der Waals surface area contributed by atoms with Gasteiger partial charge >= 0.3 is 0 Å². The van der Waals surface area contributed by atoms with Crippen molar-refractivity contribution in [1.82, 2.24) is 14.8 Å². The van der Waals surface area contributed by atoms with Crippen molar-refractivity contribution in [3.8, 4) is 11.4 Å². The monoisotopic (exact) mass is 414 g/mol. The summed E-state index contributed by atoms with van der Waals surface area (Å²) in [6.07, 6.45) is 3.97. The van der Waals surface area contributed by atoms with Gasteiger partial charge in [0.15, 0.2) is 5.82 Å². The van der Waals surface area contributed by atoms with Crippen molar-refractivity contribution in [1.29, 1.82) is 0 Å².